The Labute approximate surface area is 187 Å². The minimum absolute atomic E-state index is 0.132. The van der Waals surface area contributed by atoms with Crippen LogP contribution in [0.3, 0.4) is 0 Å². The predicted molar refractivity (Wildman–Crippen MR) is 117 cm³/mol. The van der Waals surface area contributed by atoms with E-state index in [9.17, 15) is 18.0 Å². The number of nitrogens with one attached hydrogen (secondary N) is 1. The molecule has 1 fully saturated rings. The molecule has 0 aliphatic carbocycles. The number of amides is 1. The van der Waals surface area contributed by atoms with Crippen LogP contribution >= 0.6 is 0 Å². The van der Waals surface area contributed by atoms with E-state index < -0.39 is 28.5 Å². The van der Waals surface area contributed by atoms with Crippen molar-refractivity contribution in [3.63, 3.8) is 0 Å². The van der Waals surface area contributed by atoms with Crippen LogP contribution in [0.5, 0.6) is 5.75 Å². The van der Waals surface area contributed by atoms with Gasteiger partial charge in [-0.05, 0) is 55.3 Å². The van der Waals surface area contributed by atoms with Gasteiger partial charge in [-0.25, -0.2) is 13.2 Å². The maximum Gasteiger partial charge on any atom is 0.344 e. The Morgan fingerprint density at radius 1 is 1.03 bits per heavy atom. The highest BCUT2D eigenvalue weighted by Gasteiger charge is 2.26. The lowest BCUT2D eigenvalue weighted by molar-refractivity contribution is -0.149. The van der Waals surface area contributed by atoms with Crippen LogP contribution in [0.15, 0.2) is 47.4 Å². The van der Waals surface area contributed by atoms with Gasteiger partial charge in [0.1, 0.15) is 5.75 Å². The number of hydrogen-bond donors (Lipinski definition) is 1. The van der Waals surface area contributed by atoms with Crippen molar-refractivity contribution in [2.75, 3.05) is 44.8 Å². The first-order chi connectivity index (χ1) is 15.3. The lowest BCUT2D eigenvalue weighted by Crippen LogP contribution is -2.40. The van der Waals surface area contributed by atoms with E-state index in [0.29, 0.717) is 37.7 Å². The summed E-state index contributed by atoms with van der Waals surface area (Å²) < 4.78 is 42.2. The monoisotopic (exact) mass is 462 g/mol. The van der Waals surface area contributed by atoms with Gasteiger partial charge in [-0.15, -0.1) is 0 Å². The van der Waals surface area contributed by atoms with Crippen molar-refractivity contribution < 1.29 is 32.2 Å². The molecule has 32 heavy (non-hydrogen) atoms. The molecule has 0 spiro atoms. The molecule has 172 valence electrons. The van der Waals surface area contributed by atoms with Gasteiger partial charge in [-0.1, -0.05) is 12.1 Å². The molecule has 1 aliphatic rings. The fourth-order valence-corrected chi connectivity index (χ4v) is 4.44. The van der Waals surface area contributed by atoms with Crippen molar-refractivity contribution >= 4 is 27.6 Å². The summed E-state index contributed by atoms with van der Waals surface area (Å²) in [6.45, 7) is 4.32. The summed E-state index contributed by atoms with van der Waals surface area (Å²) in [5.74, 6) is -0.639. The van der Waals surface area contributed by atoms with Crippen molar-refractivity contribution in [3.05, 3.63) is 53.6 Å². The van der Waals surface area contributed by atoms with Crippen LogP contribution in [0.1, 0.15) is 11.1 Å². The molecule has 1 amide bonds. The average molecular weight is 463 g/mol. The molecule has 0 radical (unpaired) electrons. The second-order valence-corrected chi connectivity index (χ2v) is 9.25. The van der Waals surface area contributed by atoms with Gasteiger partial charge < -0.3 is 19.5 Å². The zero-order valence-corrected chi connectivity index (χ0v) is 18.8. The second kappa shape index (κ2) is 10.6. The second-order valence-electron chi connectivity index (χ2n) is 7.31. The maximum absolute atomic E-state index is 12.6. The summed E-state index contributed by atoms with van der Waals surface area (Å²) in [6.07, 6.45) is 0. The van der Waals surface area contributed by atoms with Gasteiger partial charge in [-0.3, -0.25) is 4.79 Å². The van der Waals surface area contributed by atoms with Crippen LogP contribution in [0, 0.1) is 13.8 Å². The number of carbonyl (C=O) groups is 2. The Balaban J connectivity index is 1.46. The number of morpholine rings is 1. The van der Waals surface area contributed by atoms with Crippen molar-refractivity contribution in [1.29, 1.82) is 0 Å². The highest BCUT2D eigenvalue weighted by molar-refractivity contribution is 7.89. The summed E-state index contributed by atoms with van der Waals surface area (Å²) in [5, 5.41) is 2.56. The number of carbonyl (C=O) groups excluding carboxylic acids is 2. The molecule has 1 aliphatic heterocycles. The summed E-state index contributed by atoms with van der Waals surface area (Å²) in [5.41, 5.74) is 2.28. The maximum atomic E-state index is 12.6. The smallest absolute Gasteiger partial charge is 0.344 e. The third-order valence-corrected chi connectivity index (χ3v) is 6.71. The Bertz CT molecular complexity index is 1060. The van der Waals surface area contributed by atoms with E-state index >= 15 is 0 Å². The van der Waals surface area contributed by atoms with Crippen LogP contribution in [-0.2, 0) is 29.1 Å². The van der Waals surface area contributed by atoms with Gasteiger partial charge in [0, 0.05) is 18.8 Å². The van der Waals surface area contributed by atoms with Crippen LogP contribution in [0.2, 0.25) is 0 Å². The standard InChI is InChI=1S/C22H26N2O7S/c1-16-3-4-17(2)20(13-16)30-15-22(26)31-14-21(25)23-18-5-7-19(8-6-18)32(27,28)24-9-11-29-12-10-24/h3-8,13H,9-12,14-15H2,1-2H3,(H,23,25). The number of sulfonamides is 1. The molecule has 0 unspecified atom stereocenters. The predicted octanol–water partition coefficient (Wildman–Crippen LogP) is 1.89. The van der Waals surface area contributed by atoms with E-state index in [1.165, 1.54) is 28.6 Å². The first-order valence-corrected chi connectivity index (χ1v) is 11.5. The summed E-state index contributed by atoms with van der Waals surface area (Å²) in [6, 6.07) is 11.5. The SMILES string of the molecule is Cc1ccc(C)c(OCC(=O)OCC(=O)Nc2ccc(S(=O)(=O)N3CCOCC3)cc2)c1. The molecule has 0 saturated carbocycles. The lowest BCUT2D eigenvalue weighted by Gasteiger charge is -2.26. The molecule has 10 heteroatoms. The van der Waals surface area contributed by atoms with E-state index in [2.05, 4.69) is 5.32 Å². The number of hydrogen-bond acceptors (Lipinski definition) is 7. The van der Waals surface area contributed by atoms with Gasteiger partial charge in [0.2, 0.25) is 10.0 Å². The Kier molecular flexibility index (Phi) is 7.84. The van der Waals surface area contributed by atoms with Gasteiger partial charge in [0.05, 0.1) is 18.1 Å². The lowest BCUT2D eigenvalue weighted by atomic mass is 10.1. The first-order valence-electron chi connectivity index (χ1n) is 10.1. The molecule has 1 N–H and O–H groups in total. The van der Waals surface area contributed by atoms with Crippen molar-refractivity contribution in [3.8, 4) is 5.75 Å². The van der Waals surface area contributed by atoms with Gasteiger partial charge >= 0.3 is 5.97 Å². The van der Waals surface area contributed by atoms with Crippen molar-refractivity contribution in [2.24, 2.45) is 0 Å². The van der Waals surface area contributed by atoms with Crippen LogP contribution in [-0.4, -0.2) is 64.1 Å². The Morgan fingerprint density at radius 2 is 1.72 bits per heavy atom. The van der Waals surface area contributed by atoms with Crippen molar-refractivity contribution in [1.82, 2.24) is 4.31 Å². The minimum Gasteiger partial charge on any atom is -0.482 e. The third kappa shape index (κ3) is 6.28. The number of anilines is 1. The fraction of sp³-hybridized carbons (Fsp3) is 0.364. The first kappa shape index (κ1) is 23.7. The summed E-state index contributed by atoms with van der Waals surface area (Å²) in [4.78, 5) is 24.0. The van der Waals surface area contributed by atoms with E-state index in [4.69, 9.17) is 14.2 Å². The zero-order valence-electron chi connectivity index (χ0n) is 18.0. The molecule has 2 aromatic carbocycles. The number of aryl methyl sites for hydroxylation is 2. The number of benzene rings is 2. The molecule has 0 bridgehead atoms. The van der Waals surface area contributed by atoms with Gasteiger partial charge in [0.15, 0.2) is 13.2 Å². The largest absolute Gasteiger partial charge is 0.482 e. The Hall–Kier alpha value is -2.95. The highest BCUT2D eigenvalue weighted by Crippen LogP contribution is 2.20. The van der Waals surface area contributed by atoms with Crippen LogP contribution in [0.25, 0.3) is 0 Å². The quantitative estimate of drug-likeness (QED) is 0.596. The number of nitrogens with zero attached hydrogens (tertiary/aromatic N) is 1. The minimum atomic E-state index is -3.61. The number of rotatable bonds is 8. The van der Waals surface area contributed by atoms with Gasteiger partial charge in [0.25, 0.3) is 5.91 Å². The molecule has 3 rings (SSSR count). The molecular weight excluding hydrogens is 436 g/mol. The molecule has 0 aromatic heterocycles. The van der Waals surface area contributed by atoms with E-state index in [1.807, 2.05) is 32.0 Å². The highest BCUT2D eigenvalue weighted by atomic mass is 32.2. The van der Waals surface area contributed by atoms with E-state index in [-0.39, 0.29) is 11.5 Å². The molecule has 1 saturated heterocycles. The Morgan fingerprint density at radius 3 is 2.41 bits per heavy atom. The topological polar surface area (TPSA) is 111 Å². The van der Waals surface area contributed by atoms with Crippen LogP contribution < -0.4 is 10.1 Å². The summed E-state index contributed by atoms with van der Waals surface area (Å²) >= 11 is 0. The number of ether oxygens (including phenoxy) is 3. The van der Waals surface area contributed by atoms with E-state index in [1.54, 1.807) is 0 Å². The molecule has 2 aromatic rings. The van der Waals surface area contributed by atoms with Gasteiger partial charge in [-0.2, -0.15) is 4.31 Å². The van der Waals surface area contributed by atoms with Crippen molar-refractivity contribution in [2.45, 2.75) is 18.7 Å². The average Bonchev–Trinajstić information content (AvgIpc) is 2.79. The molecular formula is C22H26N2O7S. The molecule has 0 atom stereocenters. The molecule has 1 heterocycles. The van der Waals surface area contributed by atoms with E-state index in [0.717, 1.165) is 11.1 Å². The molecule has 9 nitrogen and oxygen atoms in total. The van der Waals surface area contributed by atoms with Crippen LogP contribution in [0.4, 0.5) is 5.69 Å². The summed E-state index contributed by atoms with van der Waals surface area (Å²) in [7, 11) is -3.61. The number of esters is 1. The zero-order chi connectivity index (χ0) is 23.1. The fourth-order valence-electron chi connectivity index (χ4n) is 3.03. The normalized spacial score (nSPS) is 14.6. The third-order valence-electron chi connectivity index (χ3n) is 4.80.